The van der Waals surface area contributed by atoms with Gasteiger partial charge < -0.3 is 10.2 Å². The van der Waals surface area contributed by atoms with Crippen molar-refractivity contribution in [2.75, 3.05) is 0 Å². The molecule has 0 aliphatic heterocycles. The Bertz CT molecular complexity index is 2750. The van der Waals surface area contributed by atoms with Crippen molar-refractivity contribution in [3.8, 4) is 11.1 Å². The Hall–Kier alpha value is -6.03. The van der Waals surface area contributed by atoms with Crippen molar-refractivity contribution in [2.45, 2.75) is 39.3 Å². The number of nitrogens with zero attached hydrogens (tertiary/aromatic N) is 1. The second-order valence-corrected chi connectivity index (χ2v) is 14.1. The highest BCUT2D eigenvalue weighted by molar-refractivity contribution is 6.29. The van der Waals surface area contributed by atoms with Crippen molar-refractivity contribution in [1.29, 1.82) is 0 Å². The van der Waals surface area contributed by atoms with Gasteiger partial charge in [-0.25, -0.2) is 0 Å². The smallest absolute Gasteiger partial charge is 0.136 e. The molecule has 254 valence electrons. The molecule has 1 heterocycles. The molecule has 0 spiro atoms. The number of para-hydroxylation sites is 1. The predicted molar refractivity (Wildman–Crippen MR) is 223 cm³/mol. The second-order valence-electron chi connectivity index (χ2n) is 14.1. The number of nitrogens with two attached hydrogens (primary N) is 1. The zero-order valence-corrected chi connectivity index (χ0v) is 30.0. The van der Waals surface area contributed by atoms with E-state index in [0.717, 1.165) is 21.9 Å². The largest absolute Gasteiger partial charge is 0.456 e. The molecule has 9 aromatic rings. The van der Waals surface area contributed by atoms with Crippen LogP contribution in [0.1, 0.15) is 41.7 Å². The minimum absolute atomic E-state index is 0.151. The van der Waals surface area contributed by atoms with Gasteiger partial charge in [-0.2, -0.15) is 0 Å². The molecule has 3 heteroatoms. The van der Waals surface area contributed by atoms with E-state index in [1.165, 1.54) is 71.3 Å². The molecule has 3 nitrogen and oxygen atoms in total. The average molecular weight is 675 g/mol. The number of hydrogen-bond acceptors (Lipinski definition) is 3. The van der Waals surface area contributed by atoms with Crippen LogP contribution in [-0.4, -0.2) is 6.72 Å². The van der Waals surface area contributed by atoms with Crippen LogP contribution >= 0.6 is 0 Å². The summed E-state index contributed by atoms with van der Waals surface area (Å²) in [5, 5.41) is 9.76. The van der Waals surface area contributed by atoms with Gasteiger partial charge in [0.2, 0.25) is 0 Å². The lowest BCUT2D eigenvalue weighted by atomic mass is 9.82. The third kappa shape index (κ3) is 5.55. The van der Waals surface area contributed by atoms with E-state index >= 15 is 0 Å². The summed E-state index contributed by atoms with van der Waals surface area (Å²) in [5.41, 5.74) is 16.9. The molecule has 1 aliphatic rings. The lowest BCUT2D eigenvalue weighted by Gasteiger charge is -2.21. The van der Waals surface area contributed by atoms with E-state index in [-0.39, 0.29) is 5.41 Å². The molecule has 1 aliphatic carbocycles. The zero-order valence-electron chi connectivity index (χ0n) is 30.0. The highest BCUT2D eigenvalue weighted by atomic mass is 16.3. The SMILES string of the molecule is C=NCc1c2c(cc3c4ccccc4c4ccccc4c13)oc1ccccc12.Cc1cccc2c1-c1ccccc1C2(C)C.NCc1ccccc1. The molecule has 10 rings (SSSR count). The van der Waals surface area contributed by atoms with Crippen molar-refractivity contribution in [2.24, 2.45) is 10.7 Å². The van der Waals surface area contributed by atoms with Crippen LogP contribution in [0.15, 0.2) is 161 Å². The molecule has 0 unspecified atom stereocenters. The monoisotopic (exact) mass is 674 g/mol. The summed E-state index contributed by atoms with van der Waals surface area (Å²) in [5.74, 6) is 0. The van der Waals surface area contributed by atoms with E-state index in [1.54, 1.807) is 0 Å². The fraction of sp³-hybridized carbons (Fsp3) is 0.122. The van der Waals surface area contributed by atoms with E-state index in [1.807, 2.05) is 42.5 Å². The normalized spacial score (nSPS) is 12.6. The van der Waals surface area contributed by atoms with Gasteiger partial charge >= 0.3 is 0 Å². The molecular weight excluding hydrogens is 633 g/mol. The van der Waals surface area contributed by atoms with E-state index in [4.69, 9.17) is 10.2 Å². The Balaban J connectivity index is 0.000000135. The van der Waals surface area contributed by atoms with Gasteiger partial charge in [-0.05, 0) is 97.0 Å². The van der Waals surface area contributed by atoms with E-state index in [0.29, 0.717) is 13.1 Å². The highest BCUT2D eigenvalue weighted by Crippen LogP contribution is 2.49. The molecule has 0 amide bonds. The molecule has 52 heavy (non-hydrogen) atoms. The Morgan fingerprint density at radius 3 is 1.85 bits per heavy atom. The molecule has 8 aromatic carbocycles. The molecule has 2 N–H and O–H groups in total. The lowest BCUT2D eigenvalue weighted by Crippen LogP contribution is -2.14. The van der Waals surface area contributed by atoms with E-state index in [2.05, 4.69) is 142 Å². The standard InChI is InChI=1S/C26H17NO.C16H16.C7H9N/c1-27-15-22-25-19-11-5-4-9-17(19)16-8-2-3-10-18(16)21(25)14-24-26(22)20-12-6-7-13-23(20)28-24;1-11-7-6-10-14-15(11)12-8-4-5-9-13(12)16(14,2)3;8-6-7-4-2-1-3-5-7/h2-14H,1,15H2;4-10H,1-3H3;1-5H,6,8H2. The topological polar surface area (TPSA) is 51.5 Å². The third-order valence-electron chi connectivity index (χ3n) is 10.6. The maximum absolute atomic E-state index is 6.25. The van der Waals surface area contributed by atoms with Crippen LogP contribution in [0.25, 0.3) is 65.4 Å². The fourth-order valence-electron chi connectivity index (χ4n) is 8.20. The number of rotatable bonds is 3. The van der Waals surface area contributed by atoms with Crippen molar-refractivity contribution >= 4 is 61.0 Å². The first kappa shape index (κ1) is 33.1. The van der Waals surface area contributed by atoms with Gasteiger partial charge in [0.1, 0.15) is 11.2 Å². The van der Waals surface area contributed by atoms with Crippen LogP contribution in [0.5, 0.6) is 0 Å². The molecule has 0 atom stereocenters. The average Bonchev–Trinajstić information content (AvgIpc) is 3.68. The van der Waals surface area contributed by atoms with Crippen LogP contribution in [0, 0.1) is 6.92 Å². The first-order chi connectivity index (χ1) is 25.4. The Morgan fingerprint density at radius 1 is 0.577 bits per heavy atom. The quantitative estimate of drug-likeness (QED) is 0.150. The maximum atomic E-state index is 6.25. The number of benzene rings is 8. The summed E-state index contributed by atoms with van der Waals surface area (Å²) in [4.78, 5) is 4.29. The van der Waals surface area contributed by atoms with Crippen LogP contribution in [0.3, 0.4) is 0 Å². The Morgan fingerprint density at radius 2 is 1.15 bits per heavy atom. The maximum Gasteiger partial charge on any atom is 0.136 e. The summed E-state index contributed by atoms with van der Waals surface area (Å²) in [6, 6.07) is 53.1. The van der Waals surface area contributed by atoms with Gasteiger partial charge in [-0.3, -0.25) is 4.99 Å². The second kappa shape index (κ2) is 13.6. The molecule has 0 fully saturated rings. The van der Waals surface area contributed by atoms with Crippen LogP contribution in [-0.2, 0) is 18.5 Å². The summed E-state index contributed by atoms with van der Waals surface area (Å²) >= 11 is 0. The minimum Gasteiger partial charge on any atom is -0.456 e. The van der Waals surface area contributed by atoms with Crippen molar-refractivity contribution in [1.82, 2.24) is 0 Å². The van der Waals surface area contributed by atoms with Crippen LogP contribution < -0.4 is 5.73 Å². The van der Waals surface area contributed by atoms with E-state index < -0.39 is 0 Å². The number of aliphatic imine (C=N–C) groups is 1. The summed E-state index contributed by atoms with van der Waals surface area (Å²) < 4.78 is 6.25. The molecule has 0 saturated carbocycles. The molecule has 0 radical (unpaired) electrons. The van der Waals surface area contributed by atoms with Gasteiger partial charge in [0.05, 0.1) is 6.54 Å². The van der Waals surface area contributed by atoms with Crippen LogP contribution in [0.2, 0.25) is 0 Å². The number of hydrogen-bond donors (Lipinski definition) is 1. The molecule has 0 saturated heterocycles. The van der Waals surface area contributed by atoms with Crippen molar-refractivity contribution in [3.63, 3.8) is 0 Å². The molecular formula is C49H42N2O. The van der Waals surface area contributed by atoms with Gasteiger partial charge in [-0.15, -0.1) is 0 Å². The molecule has 1 aromatic heterocycles. The summed E-state index contributed by atoms with van der Waals surface area (Å²) in [7, 11) is 0. The lowest BCUT2D eigenvalue weighted by molar-refractivity contribution is 0.660. The van der Waals surface area contributed by atoms with Gasteiger partial charge in [-0.1, -0.05) is 153 Å². The third-order valence-corrected chi connectivity index (χ3v) is 10.6. The van der Waals surface area contributed by atoms with Crippen LogP contribution in [0.4, 0.5) is 0 Å². The van der Waals surface area contributed by atoms with Gasteiger partial charge in [0.15, 0.2) is 0 Å². The first-order valence-corrected chi connectivity index (χ1v) is 17.9. The number of aryl methyl sites for hydroxylation is 1. The summed E-state index contributed by atoms with van der Waals surface area (Å²) in [6.07, 6.45) is 0. The minimum atomic E-state index is 0.151. The first-order valence-electron chi connectivity index (χ1n) is 17.9. The van der Waals surface area contributed by atoms with Gasteiger partial charge in [0.25, 0.3) is 0 Å². The van der Waals surface area contributed by atoms with Gasteiger partial charge in [0, 0.05) is 22.7 Å². The number of fused-ring (bicyclic) bond motifs is 12. The zero-order chi connectivity index (χ0) is 35.8. The Kier molecular flexibility index (Phi) is 8.66. The summed E-state index contributed by atoms with van der Waals surface area (Å²) in [6.45, 7) is 11.8. The van der Waals surface area contributed by atoms with Crippen molar-refractivity contribution in [3.05, 3.63) is 179 Å². The van der Waals surface area contributed by atoms with E-state index in [9.17, 15) is 0 Å². The Labute approximate surface area is 305 Å². The fourth-order valence-corrected chi connectivity index (χ4v) is 8.20. The predicted octanol–water partition coefficient (Wildman–Crippen LogP) is 12.7. The number of furan rings is 1. The molecule has 0 bridgehead atoms. The highest BCUT2D eigenvalue weighted by Gasteiger charge is 2.35. The van der Waals surface area contributed by atoms with Crippen molar-refractivity contribution < 1.29 is 4.42 Å².